The van der Waals surface area contributed by atoms with Crippen molar-refractivity contribution in [3.8, 4) is 5.75 Å². The lowest BCUT2D eigenvalue weighted by atomic mass is 10.2. The molecule has 0 aliphatic rings. The van der Waals surface area contributed by atoms with Crippen LogP contribution in [0.2, 0.25) is 0 Å². The van der Waals surface area contributed by atoms with Crippen molar-refractivity contribution in [3.05, 3.63) is 35.5 Å². The van der Waals surface area contributed by atoms with Gasteiger partial charge in [0, 0.05) is 5.56 Å². The molecular formula is C10H10N6O2. The van der Waals surface area contributed by atoms with Crippen LogP contribution in [0.4, 0.5) is 5.82 Å². The molecule has 5 N–H and O–H groups in total. The highest BCUT2D eigenvalue weighted by Crippen LogP contribution is 2.12. The standard InChI is InChI=1S/C10H10N6O2/c11-9(8-10(12)16-18-15-8)14-13-5-6-3-1-2-4-7(6)17/h1-5,17H,(H2,11,14)(H2,12,16). The molecule has 1 aromatic heterocycles. The smallest absolute Gasteiger partial charge is 0.199 e. The molecule has 8 nitrogen and oxygen atoms in total. The van der Waals surface area contributed by atoms with Crippen LogP contribution in [-0.4, -0.2) is 27.5 Å². The van der Waals surface area contributed by atoms with E-state index in [1.54, 1.807) is 18.2 Å². The van der Waals surface area contributed by atoms with Gasteiger partial charge in [0.15, 0.2) is 17.3 Å². The van der Waals surface area contributed by atoms with Gasteiger partial charge in [-0.1, -0.05) is 12.1 Å². The first kappa shape index (κ1) is 11.6. The van der Waals surface area contributed by atoms with Crippen LogP contribution >= 0.6 is 0 Å². The number of hydrogen-bond acceptors (Lipinski definition) is 7. The summed E-state index contributed by atoms with van der Waals surface area (Å²) in [6.07, 6.45) is 1.35. The van der Waals surface area contributed by atoms with E-state index in [1.165, 1.54) is 12.3 Å². The lowest BCUT2D eigenvalue weighted by Gasteiger charge is -1.95. The second-order valence-electron chi connectivity index (χ2n) is 3.29. The fourth-order valence-corrected chi connectivity index (χ4v) is 1.17. The van der Waals surface area contributed by atoms with E-state index >= 15 is 0 Å². The number of anilines is 1. The number of nitrogens with zero attached hydrogens (tertiary/aromatic N) is 4. The molecule has 0 fully saturated rings. The predicted molar refractivity (Wildman–Crippen MR) is 65.1 cm³/mol. The highest BCUT2D eigenvalue weighted by Gasteiger charge is 2.09. The average molecular weight is 246 g/mol. The zero-order chi connectivity index (χ0) is 13.0. The minimum absolute atomic E-state index is 0.0274. The van der Waals surface area contributed by atoms with Gasteiger partial charge in [-0.05, 0) is 22.4 Å². The Morgan fingerprint density at radius 1 is 1.33 bits per heavy atom. The number of aromatic hydroxyl groups is 1. The minimum Gasteiger partial charge on any atom is -0.507 e. The molecule has 0 amide bonds. The third-order valence-corrected chi connectivity index (χ3v) is 2.06. The summed E-state index contributed by atoms with van der Waals surface area (Å²) in [7, 11) is 0. The van der Waals surface area contributed by atoms with Crippen LogP contribution < -0.4 is 11.5 Å². The van der Waals surface area contributed by atoms with Gasteiger partial charge in [-0.25, -0.2) is 4.63 Å². The van der Waals surface area contributed by atoms with Gasteiger partial charge in [0.2, 0.25) is 0 Å². The Balaban J connectivity index is 2.16. The molecule has 1 heterocycles. The summed E-state index contributed by atoms with van der Waals surface area (Å²) in [6, 6.07) is 6.67. The third kappa shape index (κ3) is 2.43. The van der Waals surface area contributed by atoms with E-state index in [0.29, 0.717) is 5.56 Å². The summed E-state index contributed by atoms with van der Waals surface area (Å²) >= 11 is 0. The Bertz CT molecular complexity index is 604. The van der Waals surface area contributed by atoms with E-state index in [4.69, 9.17) is 11.5 Å². The van der Waals surface area contributed by atoms with Crippen molar-refractivity contribution in [2.45, 2.75) is 0 Å². The summed E-state index contributed by atoms with van der Waals surface area (Å²) < 4.78 is 4.37. The maximum Gasteiger partial charge on any atom is 0.199 e. The van der Waals surface area contributed by atoms with Gasteiger partial charge in [0.05, 0.1) is 6.21 Å². The second kappa shape index (κ2) is 4.95. The number of nitrogens with two attached hydrogens (primary N) is 2. The molecule has 0 spiro atoms. The quantitative estimate of drug-likeness (QED) is 0.399. The zero-order valence-electron chi connectivity index (χ0n) is 9.19. The molecule has 0 aliphatic heterocycles. The maximum atomic E-state index is 9.48. The van der Waals surface area contributed by atoms with E-state index in [9.17, 15) is 5.11 Å². The van der Waals surface area contributed by atoms with Crippen LogP contribution in [-0.2, 0) is 0 Å². The van der Waals surface area contributed by atoms with Crippen molar-refractivity contribution in [1.29, 1.82) is 0 Å². The van der Waals surface area contributed by atoms with Crippen molar-refractivity contribution in [2.24, 2.45) is 15.9 Å². The summed E-state index contributed by atoms with van der Waals surface area (Å²) in [4.78, 5) is 0. The number of aromatic nitrogens is 2. The number of amidine groups is 1. The van der Waals surface area contributed by atoms with Crippen LogP contribution in [0.1, 0.15) is 11.3 Å². The van der Waals surface area contributed by atoms with E-state index in [-0.39, 0.29) is 23.1 Å². The van der Waals surface area contributed by atoms with Crippen molar-refractivity contribution >= 4 is 17.9 Å². The minimum atomic E-state index is -0.0274. The number of benzene rings is 1. The van der Waals surface area contributed by atoms with E-state index in [2.05, 4.69) is 25.1 Å². The molecule has 0 saturated carbocycles. The molecule has 0 atom stereocenters. The molecule has 8 heteroatoms. The van der Waals surface area contributed by atoms with E-state index in [1.807, 2.05) is 0 Å². The van der Waals surface area contributed by atoms with E-state index < -0.39 is 0 Å². The van der Waals surface area contributed by atoms with Crippen LogP contribution in [0.5, 0.6) is 5.75 Å². The Morgan fingerprint density at radius 2 is 2.11 bits per heavy atom. The Morgan fingerprint density at radius 3 is 2.78 bits per heavy atom. The van der Waals surface area contributed by atoms with Gasteiger partial charge in [-0.2, -0.15) is 5.10 Å². The Labute approximate surface area is 102 Å². The van der Waals surface area contributed by atoms with Crippen molar-refractivity contribution in [3.63, 3.8) is 0 Å². The fourth-order valence-electron chi connectivity index (χ4n) is 1.17. The van der Waals surface area contributed by atoms with Gasteiger partial charge in [0.25, 0.3) is 0 Å². The molecule has 0 bridgehead atoms. The van der Waals surface area contributed by atoms with Crippen molar-refractivity contribution in [1.82, 2.24) is 10.3 Å². The van der Waals surface area contributed by atoms with Gasteiger partial charge in [-0.3, -0.25) is 0 Å². The van der Waals surface area contributed by atoms with Crippen LogP contribution in [0.15, 0.2) is 39.1 Å². The third-order valence-electron chi connectivity index (χ3n) is 2.06. The molecule has 92 valence electrons. The topological polar surface area (TPSA) is 136 Å². The van der Waals surface area contributed by atoms with Crippen LogP contribution in [0.3, 0.4) is 0 Å². The molecule has 1 aromatic carbocycles. The van der Waals surface area contributed by atoms with Crippen LogP contribution in [0, 0.1) is 0 Å². The van der Waals surface area contributed by atoms with Gasteiger partial charge < -0.3 is 16.6 Å². The molecule has 2 rings (SSSR count). The Kier molecular flexibility index (Phi) is 3.19. The molecule has 0 unspecified atom stereocenters. The molecule has 2 aromatic rings. The second-order valence-corrected chi connectivity index (χ2v) is 3.29. The summed E-state index contributed by atoms with van der Waals surface area (Å²) in [6.45, 7) is 0. The number of phenolic OH excluding ortho intramolecular Hbond substituents is 1. The van der Waals surface area contributed by atoms with Crippen molar-refractivity contribution in [2.75, 3.05) is 5.73 Å². The Hall–Kier alpha value is -2.90. The van der Waals surface area contributed by atoms with Gasteiger partial charge in [-0.15, -0.1) is 5.10 Å². The monoisotopic (exact) mass is 246 g/mol. The molecule has 0 aliphatic carbocycles. The number of nitrogen functional groups attached to an aromatic ring is 1. The maximum absolute atomic E-state index is 9.48. The summed E-state index contributed by atoms with van der Waals surface area (Å²) in [5.74, 6) is 0.104. The van der Waals surface area contributed by atoms with Gasteiger partial charge in [0.1, 0.15) is 5.75 Å². The first-order valence-corrected chi connectivity index (χ1v) is 4.91. The molecular weight excluding hydrogens is 236 g/mol. The molecule has 0 saturated heterocycles. The number of rotatable bonds is 3. The molecule has 18 heavy (non-hydrogen) atoms. The lowest BCUT2D eigenvalue weighted by Crippen LogP contribution is -2.15. The first-order valence-electron chi connectivity index (χ1n) is 4.91. The largest absolute Gasteiger partial charge is 0.507 e. The SMILES string of the molecule is N/C(=N\N=Cc1ccccc1O)c1nonc1N. The lowest BCUT2D eigenvalue weighted by molar-refractivity contribution is 0.308. The number of para-hydroxylation sites is 1. The van der Waals surface area contributed by atoms with E-state index in [0.717, 1.165) is 0 Å². The summed E-state index contributed by atoms with van der Waals surface area (Å²) in [5.41, 5.74) is 11.6. The first-order chi connectivity index (χ1) is 8.68. The normalized spacial score (nSPS) is 12.1. The number of hydrogen-bond donors (Lipinski definition) is 3. The van der Waals surface area contributed by atoms with Crippen molar-refractivity contribution < 1.29 is 9.74 Å². The predicted octanol–water partition coefficient (Wildman–Crippen LogP) is 0.0968. The highest BCUT2D eigenvalue weighted by atomic mass is 16.6. The average Bonchev–Trinajstić information content (AvgIpc) is 2.78. The fraction of sp³-hybridized carbons (Fsp3) is 0. The summed E-state index contributed by atoms with van der Waals surface area (Å²) in [5, 5.41) is 23.7. The van der Waals surface area contributed by atoms with Gasteiger partial charge >= 0.3 is 0 Å². The number of phenols is 1. The highest BCUT2D eigenvalue weighted by molar-refractivity contribution is 5.99. The zero-order valence-corrected chi connectivity index (χ0v) is 9.19. The molecule has 0 radical (unpaired) electrons. The van der Waals surface area contributed by atoms with Crippen LogP contribution in [0.25, 0.3) is 0 Å².